The summed E-state index contributed by atoms with van der Waals surface area (Å²) in [5.74, 6) is -0.146. The molecule has 0 saturated carbocycles. The molecule has 14 heterocycles. The maximum Gasteiger partial charge on any atom is 0.123 e. The fourth-order valence-corrected chi connectivity index (χ4v) is 20.2. The van der Waals surface area contributed by atoms with Crippen LogP contribution in [0.25, 0.3) is 0 Å². The Morgan fingerprint density at radius 2 is 0.533 bits per heavy atom. The van der Waals surface area contributed by atoms with Crippen molar-refractivity contribution in [3.05, 3.63) is 134 Å². The molecule has 0 radical (unpaired) electrons. The van der Waals surface area contributed by atoms with Crippen molar-refractivity contribution in [2.45, 2.75) is 267 Å². The summed E-state index contributed by atoms with van der Waals surface area (Å²) in [7, 11) is 0. The van der Waals surface area contributed by atoms with Gasteiger partial charge in [-0.3, -0.25) is 49.3 Å². The number of hydrogen-bond acceptors (Lipinski definition) is 14. The molecule has 1 atom stereocenters. The molecule has 5 spiro atoms. The van der Waals surface area contributed by atoms with Crippen LogP contribution >= 0.6 is 0 Å². The number of rotatable bonds is 6. The topological polar surface area (TPSA) is 84.0 Å². The molecule has 592 valence electrons. The number of aromatic nitrogens is 4. The molecule has 1 unspecified atom stereocenters. The van der Waals surface area contributed by atoms with Gasteiger partial charge in [-0.2, -0.15) is 0 Å². The molecular weight excluding hydrogens is 1320 g/mol. The largest absolute Gasteiger partial charge is 0.371 e. The zero-order valence-electron chi connectivity index (χ0n) is 70.2. The molecular formula is C92H147FN14. The summed E-state index contributed by atoms with van der Waals surface area (Å²) in [5.41, 5.74) is 11.0. The summed E-state index contributed by atoms with van der Waals surface area (Å²) in [6, 6.07) is 24.2. The molecule has 10 aliphatic rings. The summed E-state index contributed by atoms with van der Waals surface area (Å²) in [5, 5.41) is 0. The normalized spacial score (nSPS) is 24.3. The van der Waals surface area contributed by atoms with Gasteiger partial charge in [-0.25, -0.2) is 4.39 Å². The summed E-state index contributed by atoms with van der Waals surface area (Å²) in [6.45, 7) is 60.9. The van der Waals surface area contributed by atoms with Gasteiger partial charge in [-0.15, -0.1) is 0 Å². The van der Waals surface area contributed by atoms with Gasteiger partial charge in [-0.1, -0.05) is 0 Å². The number of halogens is 1. The molecule has 107 heavy (non-hydrogen) atoms. The second-order valence-electron chi connectivity index (χ2n) is 40.1. The first kappa shape index (κ1) is 82.7. The molecule has 15 rings (SSSR count). The second kappa shape index (κ2) is 35.6. The monoisotopic (exact) mass is 1470 g/mol. The minimum atomic E-state index is -0.146. The van der Waals surface area contributed by atoms with Crippen molar-refractivity contribution in [2.75, 3.05) is 150 Å². The van der Waals surface area contributed by atoms with Gasteiger partial charge < -0.3 is 19.6 Å². The molecule has 1 aromatic carbocycles. The minimum Gasteiger partial charge on any atom is -0.371 e. The van der Waals surface area contributed by atoms with Crippen molar-refractivity contribution in [3.8, 4) is 0 Å². The van der Waals surface area contributed by atoms with Gasteiger partial charge >= 0.3 is 0 Å². The van der Waals surface area contributed by atoms with Crippen LogP contribution in [-0.2, 0) is 6.54 Å². The maximum atomic E-state index is 13.0. The highest BCUT2D eigenvalue weighted by molar-refractivity contribution is 5.48. The number of hydrogen-bond donors (Lipinski definition) is 0. The Balaban J connectivity index is 0.000000133. The molecule has 0 aliphatic carbocycles. The van der Waals surface area contributed by atoms with E-state index >= 15 is 0 Å². The molecule has 0 bridgehead atoms. The summed E-state index contributed by atoms with van der Waals surface area (Å²) in [4.78, 5) is 42.6. The first-order chi connectivity index (χ1) is 50.8. The summed E-state index contributed by atoms with van der Waals surface area (Å²) < 4.78 is 13.0. The van der Waals surface area contributed by atoms with E-state index in [1.807, 2.05) is 61.7 Å². The zero-order valence-corrected chi connectivity index (χ0v) is 70.2. The van der Waals surface area contributed by atoms with E-state index < -0.39 is 0 Å². The Labute approximate surface area is 650 Å². The third kappa shape index (κ3) is 23.0. The van der Waals surface area contributed by atoms with Crippen LogP contribution in [0.2, 0.25) is 0 Å². The first-order valence-corrected chi connectivity index (χ1v) is 42.6. The first-order valence-electron chi connectivity index (χ1n) is 42.6. The van der Waals surface area contributed by atoms with Crippen molar-refractivity contribution in [1.29, 1.82) is 0 Å². The van der Waals surface area contributed by atoms with Crippen molar-refractivity contribution in [3.63, 3.8) is 0 Å². The van der Waals surface area contributed by atoms with E-state index in [4.69, 9.17) is 0 Å². The van der Waals surface area contributed by atoms with Crippen LogP contribution in [-0.4, -0.2) is 208 Å². The van der Waals surface area contributed by atoms with Crippen LogP contribution in [0.1, 0.15) is 238 Å². The van der Waals surface area contributed by atoms with Crippen LogP contribution in [0.4, 0.5) is 27.1 Å². The lowest BCUT2D eigenvalue weighted by Crippen LogP contribution is -2.56. The van der Waals surface area contributed by atoms with E-state index in [-0.39, 0.29) is 5.82 Å². The van der Waals surface area contributed by atoms with Crippen LogP contribution in [0.3, 0.4) is 0 Å². The predicted molar refractivity (Wildman–Crippen MR) is 449 cm³/mol. The molecule has 14 nitrogen and oxygen atoms in total. The van der Waals surface area contributed by atoms with Gasteiger partial charge in [0.25, 0.3) is 0 Å². The van der Waals surface area contributed by atoms with E-state index in [2.05, 4.69) is 221 Å². The van der Waals surface area contributed by atoms with E-state index in [1.165, 1.54) is 275 Å². The van der Waals surface area contributed by atoms with Crippen molar-refractivity contribution in [1.82, 2.24) is 49.3 Å². The Morgan fingerprint density at radius 3 is 0.907 bits per heavy atom. The quantitative estimate of drug-likeness (QED) is 0.162. The van der Waals surface area contributed by atoms with E-state index in [0.29, 0.717) is 54.8 Å². The van der Waals surface area contributed by atoms with Gasteiger partial charge in [-0.05, 0) is 398 Å². The Hall–Kier alpha value is -5.29. The smallest absolute Gasteiger partial charge is 0.123 e. The summed E-state index contributed by atoms with van der Waals surface area (Å²) >= 11 is 0. The molecule has 0 N–H and O–H groups in total. The Kier molecular flexibility index (Phi) is 27.5. The molecule has 10 saturated heterocycles. The number of nitrogens with zero attached hydrogens (tertiary/aromatic N) is 14. The van der Waals surface area contributed by atoms with Gasteiger partial charge in [0.15, 0.2) is 0 Å². The van der Waals surface area contributed by atoms with E-state index in [9.17, 15) is 4.39 Å². The van der Waals surface area contributed by atoms with Crippen molar-refractivity contribution < 1.29 is 4.39 Å². The Morgan fingerprint density at radius 1 is 0.262 bits per heavy atom. The molecule has 0 amide bonds. The number of piperidine rings is 10. The standard InChI is InChI=1S/C19H29FN2.C19H31N3.3C18H29N3/c1-18(2,3)22-14-10-19(11-15-22)8-12-21(13-9-19)17-6-4-16(20)5-7-17;1-18(2,3)22-14-8-19(9-15-22)6-12-21(13-7-19)16-17-4-10-20-11-5-17;1-17(2,3)21-13-5-9-18(15-21)8-4-12-20(14-18)16-6-10-19-11-7-16;1-17(2,3)21-12-4-7-18(15-21)8-13-20(14-9-18)16-5-10-19-11-6-16;1-17(2,3)21-13-8-18(9-14-21)7-4-12-20(15-18)16-5-10-19-11-6-16/h4-7H,8-15H2,1-3H3;4-5,10-11H,6-9,12-16H2,1-3H3;6-7,10-11H,4-5,8-9,12-15H2,1-3H3;2*5-6,10-11H,4,7-9,12-15H2,1-3H3. The lowest BCUT2D eigenvalue weighted by molar-refractivity contribution is 0.00195. The number of likely N-dealkylation sites (tertiary alicyclic amines) is 6. The molecule has 10 aliphatic heterocycles. The average Bonchev–Trinajstić information content (AvgIpc) is 0.799. The van der Waals surface area contributed by atoms with Crippen LogP contribution < -0.4 is 19.6 Å². The van der Waals surface area contributed by atoms with Gasteiger partial charge in [0.05, 0.1) is 0 Å². The number of anilines is 4. The van der Waals surface area contributed by atoms with Crippen LogP contribution in [0.15, 0.2) is 122 Å². The second-order valence-corrected chi connectivity index (χ2v) is 40.1. The van der Waals surface area contributed by atoms with Gasteiger partial charge in [0.2, 0.25) is 0 Å². The molecule has 5 aromatic rings. The van der Waals surface area contributed by atoms with E-state index in [0.717, 1.165) is 19.6 Å². The van der Waals surface area contributed by atoms with E-state index in [1.54, 1.807) is 12.1 Å². The highest BCUT2D eigenvalue weighted by Gasteiger charge is 2.46. The lowest BCUT2D eigenvalue weighted by atomic mass is 9.70. The fraction of sp³-hybridized carbons (Fsp3) is 0.717. The van der Waals surface area contributed by atoms with Gasteiger partial charge in [0.1, 0.15) is 5.82 Å². The van der Waals surface area contributed by atoms with Crippen LogP contribution in [0, 0.1) is 32.9 Å². The number of benzene rings is 1. The maximum absolute atomic E-state index is 13.0. The molecule has 4 aromatic heterocycles. The van der Waals surface area contributed by atoms with Crippen LogP contribution in [0.5, 0.6) is 0 Å². The summed E-state index contributed by atoms with van der Waals surface area (Å²) in [6.07, 6.45) is 42.4. The fourth-order valence-electron chi connectivity index (χ4n) is 20.2. The predicted octanol–water partition coefficient (Wildman–Crippen LogP) is 18.6. The number of pyridine rings is 4. The van der Waals surface area contributed by atoms with Crippen molar-refractivity contribution in [2.24, 2.45) is 27.1 Å². The molecule has 15 heteroatoms. The third-order valence-electron chi connectivity index (χ3n) is 27.9. The Bertz CT molecular complexity index is 3380. The minimum absolute atomic E-state index is 0.146. The SMILES string of the molecule is CC(C)(C)N1CCC2(CCCN(c3ccncc3)C2)CC1.CC(C)(C)N1CCC2(CCN(Cc3ccncc3)CC2)CC1.CC(C)(C)N1CCC2(CCN(c3ccc(F)cc3)CC2)CC1.CC(C)(C)N1CCCC2(CCCN(c3ccncc3)C2)C1.CC(C)(C)N1CCCC2(CCN(c3ccncc3)CC2)C1. The average molecular weight is 1470 g/mol. The van der Waals surface area contributed by atoms with Crippen molar-refractivity contribution >= 4 is 22.7 Å². The van der Waals surface area contributed by atoms with Gasteiger partial charge in [0, 0.05) is 177 Å². The highest BCUT2D eigenvalue weighted by atomic mass is 19.1. The lowest BCUT2D eigenvalue weighted by Gasteiger charge is -2.52. The molecule has 10 fully saturated rings. The third-order valence-corrected chi connectivity index (χ3v) is 27.9. The zero-order chi connectivity index (χ0) is 76.2. The highest BCUT2D eigenvalue weighted by Crippen LogP contribution is 2.48.